The van der Waals surface area contributed by atoms with Gasteiger partial charge in [0.05, 0.1) is 0 Å². The summed E-state index contributed by atoms with van der Waals surface area (Å²) < 4.78 is 13.9. The lowest BCUT2D eigenvalue weighted by molar-refractivity contribution is 0.103. The van der Waals surface area contributed by atoms with Crippen molar-refractivity contribution in [1.82, 2.24) is 0 Å². The zero-order chi connectivity index (χ0) is 14.9. The van der Waals surface area contributed by atoms with E-state index in [0.29, 0.717) is 15.6 Å². The number of ketones is 1. The molecule has 0 aromatic heterocycles. The summed E-state index contributed by atoms with van der Waals surface area (Å²) in [5, 5.41) is 0. The molecule has 0 spiro atoms. The number of hydrogen-bond donors (Lipinski definition) is 0. The van der Waals surface area contributed by atoms with Crippen LogP contribution in [0.2, 0.25) is 0 Å². The Kier molecular flexibility index (Phi) is 4.09. The van der Waals surface area contributed by atoms with Gasteiger partial charge in [-0.05, 0) is 29.2 Å². The van der Waals surface area contributed by atoms with E-state index in [4.69, 9.17) is 0 Å². The summed E-state index contributed by atoms with van der Waals surface area (Å²) in [6.07, 6.45) is 0. The van der Waals surface area contributed by atoms with E-state index in [9.17, 15) is 9.18 Å². The van der Waals surface area contributed by atoms with Crippen LogP contribution in [0.25, 0.3) is 0 Å². The van der Waals surface area contributed by atoms with Crippen molar-refractivity contribution in [1.29, 1.82) is 0 Å². The molecule has 0 aliphatic rings. The fourth-order valence-corrected chi connectivity index (χ4v) is 2.38. The molecule has 0 aliphatic carbocycles. The van der Waals surface area contributed by atoms with Crippen LogP contribution in [0.15, 0.2) is 46.9 Å². The van der Waals surface area contributed by atoms with Crippen molar-refractivity contribution in [3.8, 4) is 0 Å². The molecule has 104 valence electrons. The molecule has 0 fully saturated rings. The van der Waals surface area contributed by atoms with Crippen molar-refractivity contribution in [2.45, 2.75) is 26.2 Å². The highest BCUT2D eigenvalue weighted by Gasteiger charge is 2.16. The van der Waals surface area contributed by atoms with Crippen molar-refractivity contribution in [3.05, 3.63) is 69.4 Å². The minimum Gasteiger partial charge on any atom is -0.289 e. The topological polar surface area (TPSA) is 17.1 Å². The summed E-state index contributed by atoms with van der Waals surface area (Å²) >= 11 is 3.29. The van der Waals surface area contributed by atoms with Crippen LogP contribution in [0.1, 0.15) is 42.3 Å². The van der Waals surface area contributed by atoms with E-state index >= 15 is 0 Å². The molecule has 3 heteroatoms. The van der Waals surface area contributed by atoms with Crippen LogP contribution in [-0.2, 0) is 5.41 Å². The fourth-order valence-electron chi connectivity index (χ4n) is 1.95. The van der Waals surface area contributed by atoms with Crippen molar-refractivity contribution in [2.75, 3.05) is 0 Å². The van der Waals surface area contributed by atoms with Gasteiger partial charge in [0.2, 0.25) is 0 Å². The quantitative estimate of drug-likeness (QED) is 0.697. The van der Waals surface area contributed by atoms with Gasteiger partial charge in [0.1, 0.15) is 5.82 Å². The Morgan fingerprint density at radius 3 is 2.20 bits per heavy atom. The number of carbonyl (C=O) groups excluding carboxylic acids is 1. The van der Waals surface area contributed by atoms with Crippen molar-refractivity contribution < 1.29 is 9.18 Å². The van der Waals surface area contributed by atoms with Crippen LogP contribution in [0.3, 0.4) is 0 Å². The Hall–Kier alpha value is -1.48. The Morgan fingerprint density at radius 2 is 1.65 bits per heavy atom. The molecule has 0 heterocycles. The average Bonchev–Trinajstić information content (AvgIpc) is 2.40. The lowest BCUT2D eigenvalue weighted by Gasteiger charge is -2.19. The number of benzene rings is 2. The van der Waals surface area contributed by atoms with E-state index in [2.05, 4.69) is 36.7 Å². The summed E-state index contributed by atoms with van der Waals surface area (Å²) in [6.45, 7) is 6.35. The summed E-state index contributed by atoms with van der Waals surface area (Å²) in [5.74, 6) is -0.598. The van der Waals surface area contributed by atoms with Gasteiger partial charge in [0.25, 0.3) is 0 Å². The summed E-state index contributed by atoms with van der Waals surface area (Å²) in [4.78, 5) is 12.4. The molecule has 1 nitrogen and oxygen atoms in total. The summed E-state index contributed by atoms with van der Waals surface area (Å²) in [7, 11) is 0. The first kappa shape index (κ1) is 14.9. The van der Waals surface area contributed by atoms with Crippen LogP contribution in [0, 0.1) is 5.82 Å². The highest BCUT2D eigenvalue weighted by molar-refractivity contribution is 9.10. The molecule has 0 aliphatic heterocycles. The largest absolute Gasteiger partial charge is 0.289 e. The fraction of sp³-hybridized carbons (Fsp3) is 0.235. The monoisotopic (exact) mass is 334 g/mol. The predicted molar refractivity (Wildman–Crippen MR) is 82.7 cm³/mol. The van der Waals surface area contributed by atoms with Gasteiger partial charge in [-0.25, -0.2) is 4.39 Å². The van der Waals surface area contributed by atoms with E-state index in [1.807, 2.05) is 12.1 Å². The number of hydrogen-bond acceptors (Lipinski definition) is 1. The lowest BCUT2D eigenvalue weighted by Crippen LogP contribution is -2.11. The molecule has 2 aromatic carbocycles. The van der Waals surface area contributed by atoms with E-state index in [-0.39, 0.29) is 11.2 Å². The van der Waals surface area contributed by atoms with Crippen LogP contribution in [0.5, 0.6) is 0 Å². The SMILES string of the molecule is CC(C)(C)c1ccc(C(=O)c2cc(F)ccc2Br)cc1. The smallest absolute Gasteiger partial charge is 0.194 e. The third-order valence-corrected chi connectivity index (χ3v) is 3.88. The number of rotatable bonds is 2. The van der Waals surface area contributed by atoms with Crippen LogP contribution >= 0.6 is 15.9 Å². The molecule has 0 saturated carbocycles. The molecule has 0 bridgehead atoms. The van der Waals surface area contributed by atoms with Gasteiger partial charge in [-0.2, -0.15) is 0 Å². The van der Waals surface area contributed by atoms with E-state index in [0.717, 1.165) is 5.56 Å². The maximum Gasteiger partial charge on any atom is 0.194 e. The van der Waals surface area contributed by atoms with Crippen molar-refractivity contribution in [2.24, 2.45) is 0 Å². The molecular formula is C17H16BrFO. The second-order valence-electron chi connectivity index (χ2n) is 5.78. The van der Waals surface area contributed by atoms with E-state index < -0.39 is 5.82 Å². The molecule has 20 heavy (non-hydrogen) atoms. The molecule has 0 atom stereocenters. The third-order valence-electron chi connectivity index (χ3n) is 3.19. The minimum absolute atomic E-state index is 0.0427. The zero-order valence-electron chi connectivity index (χ0n) is 11.7. The standard InChI is InChI=1S/C17H16BrFO/c1-17(2,3)12-6-4-11(5-7-12)16(20)14-10-13(19)8-9-15(14)18/h4-10H,1-3H3. The van der Waals surface area contributed by atoms with Gasteiger partial charge in [-0.15, -0.1) is 0 Å². The van der Waals surface area contributed by atoms with Gasteiger partial charge >= 0.3 is 0 Å². The molecular weight excluding hydrogens is 319 g/mol. The second-order valence-corrected chi connectivity index (χ2v) is 6.63. The first-order chi connectivity index (χ1) is 9.29. The molecule has 0 amide bonds. The van der Waals surface area contributed by atoms with Gasteiger partial charge in [0, 0.05) is 15.6 Å². The molecule has 2 rings (SSSR count). The average molecular weight is 335 g/mol. The third kappa shape index (κ3) is 3.15. The minimum atomic E-state index is -0.414. The summed E-state index contributed by atoms with van der Waals surface area (Å²) in [5.41, 5.74) is 2.10. The molecule has 2 aromatic rings. The molecule has 0 N–H and O–H groups in total. The normalized spacial score (nSPS) is 11.4. The van der Waals surface area contributed by atoms with Gasteiger partial charge in [-0.3, -0.25) is 4.79 Å². The van der Waals surface area contributed by atoms with E-state index in [1.54, 1.807) is 18.2 Å². The second kappa shape index (κ2) is 5.49. The Morgan fingerprint density at radius 1 is 1.05 bits per heavy atom. The zero-order valence-corrected chi connectivity index (χ0v) is 13.3. The first-order valence-electron chi connectivity index (χ1n) is 6.39. The van der Waals surface area contributed by atoms with Gasteiger partial charge < -0.3 is 0 Å². The Bertz CT molecular complexity index is 639. The lowest BCUT2D eigenvalue weighted by atomic mass is 9.86. The van der Waals surface area contributed by atoms with Gasteiger partial charge in [-0.1, -0.05) is 61.0 Å². The highest BCUT2D eigenvalue weighted by Crippen LogP contribution is 2.25. The summed E-state index contributed by atoms with van der Waals surface area (Å²) in [6, 6.07) is 11.6. The van der Waals surface area contributed by atoms with Crippen LogP contribution < -0.4 is 0 Å². The van der Waals surface area contributed by atoms with Crippen LogP contribution in [-0.4, -0.2) is 5.78 Å². The predicted octanol–water partition coefficient (Wildman–Crippen LogP) is 5.12. The van der Waals surface area contributed by atoms with Gasteiger partial charge in [0.15, 0.2) is 5.78 Å². The van der Waals surface area contributed by atoms with Crippen molar-refractivity contribution in [3.63, 3.8) is 0 Å². The highest BCUT2D eigenvalue weighted by atomic mass is 79.9. The maximum absolute atomic E-state index is 13.3. The first-order valence-corrected chi connectivity index (χ1v) is 7.18. The van der Waals surface area contributed by atoms with Crippen molar-refractivity contribution >= 4 is 21.7 Å². The molecule has 0 saturated heterocycles. The van der Waals surface area contributed by atoms with Crippen LogP contribution in [0.4, 0.5) is 4.39 Å². The maximum atomic E-state index is 13.3. The number of halogens is 2. The van der Waals surface area contributed by atoms with E-state index in [1.165, 1.54) is 12.1 Å². The Balaban J connectivity index is 2.37. The number of carbonyl (C=O) groups is 1. The molecule has 0 radical (unpaired) electrons. The Labute approximate surface area is 127 Å². The molecule has 0 unspecified atom stereocenters.